The Balaban J connectivity index is 0.00000462. The first-order chi connectivity index (χ1) is 19.1. The first-order valence-corrected chi connectivity index (χ1v) is 15.5. The van der Waals surface area contributed by atoms with Gasteiger partial charge in [0.05, 0.1) is 0 Å². The van der Waals surface area contributed by atoms with Crippen molar-refractivity contribution in [3.8, 4) is 0 Å². The van der Waals surface area contributed by atoms with Crippen molar-refractivity contribution < 1.29 is 10.4 Å². The van der Waals surface area contributed by atoms with E-state index in [4.69, 9.17) is 0 Å². The molecule has 1 amide bonds. The lowest BCUT2D eigenvalue weighted by Gasteiger charge is -2.38. The summed E-state index contributed by atoms with van der Waals surface area (Å²) in [5.74, 6) is 0.927. The minimum atomic E-state index is -2.39. The number of carbonyl (C=O) groups excluding carboxylic acids is 1. The van der Waals surface area contributed by atoms with Crippen molar-refractivity contribution in [2.24, 2.45) is 4.36 Å². The van der Waals surface area contributed by atoms with Crippen LogP contribution in [-0.2, 0) is 9.73 Å². The van der Waals surface area contributed by atoms with Gasteiger partial charge < -0.3 is 20.9 Å². The molecule has 0 aliphatic carbocycles. The topological polar surface area (TPSA) is 128 Å². The van der Waals surface area contributed by atoms with Crippen LogP contribution >= 0.6 is 0 Å². The lowest BCUT2D eigenvalue weighted by atomic mass is 10.2. The number of amides is 1. The maximum absolute atomic E-state index is 12.8. The molecule has 2 aromatic heterocycles. The fraction of sp³-hybridized carbons (Fsp3) is 0.357. The number of anilines is 5. The summed E-state index contributed by atoms with van der Waals surface area (Å²) in [6, 6.07) is 13.8. The van der Waals surface area contributed by atoms with Gasteiger partial charge in [0.25, 0.3) is 5.91 Å². The van der Waals surface area contributed by atoms with Crippen LogP contribution in [0.1, 0.15) is 25.6 Å². The van der Waals surface area contributed by atoms with Gasteiger partial charge in [-0.25, -0.2) is 14.2 Å². The average Bonchev–Trinajstić information content (AvgIpc) is 2.91. The third kappa shape index (κ3) is 7.99. The maximum atomic E-state index is 12.8. The lowest BCUT2D eigenvalue weighted by molar-refractivity contribution is 0.0958. The SMILES string of the molecule is C=CCNC(=O)c1cnc(Nc2ccc(N3CCN(C(C)C)CC3)cc2)nc1Nc1cccc(N=S(C)(C)=O)n1.[HH]. The van der Waals surface area contributed by atoms with Crippen molar-refractivity contribution >= 4 is 50.4 Å². The van der Waals surface area contributed by atoms with E-state index in [1.165, 1.54) is 11.9 Å². The summed E-state index contributed by atoms with van der Waals surface area (Å²) >= 11 is 0. The number of benzene rings is 1. The number of hydrogen-bond acceptors (Lipinski definition) is 10. The number of aromatic nitrogens is 3. The highest BCUT2D eigenvalue weighted by Crippen LogP contribution is 2.24. The van der Waals surface area contributed by atoms with Crippen molar-refractivity contribution in [2.75, 3.05) is 60.8 Å². The van der Waals surface area contributed by atoms with E-state index in [-0.39, 0.29) is 18.7 Å². The maximum Gasteiger partial charge on any atom is 0.256 e. The van der Waals surface area contributed by atoms with E-state index in [1.54, 1.807) is 36.8 Å². The minimum Gasteiger partial charge on any atom is -0.369 e. The van der Waals surface area contributed by atoms with Crippen LogP contribution in [0.3, 0.4) is 0 Å². The van der Waals surface area contributed by atoms with E-state index in [1.807, 2.05) is 12.1 Å². The number of carbonyl (C=O) groups is 1. The summed E-state index contributed by atoms with van der Waals surface area (Å²) in [6.07, 6.45) is 6.13. The van der Waals surface area contributed by atoms with Crippen LogP contribution in [0.5, 0.6) is 0 Å². The molecule has 40 heavy (non-hydrogen) atoms. The Morgan fingerprint density at radius 2 is 1.82 bits per heavy atom. The Bertz CT molecular complexity index is 1460. The normalized spacial score (nSPS) is 14.1. The van der Waals surface area contributed by atoms with Crippen LogP contribution < -0.4 is 20.9 Å². The molecule has 3 aromatic rings. The molecule has 1 saturated heterocycles. The van der Waals surface area contributed by atoms with Gasteiger partial charge in [-0.05, 0) is 50.2 Å². The molecule has 11 nitrogen and oxygen atoms in total. The van der Waals surface area contributed by atoms with Crippen molar-refractivity contribution in [1.29, 1.82) is 0 Å². The van der Waals surface area contributed by atoms with E-state index >= 15 is 0 Å². The van der Waals surface area contributed by atoms with Crippen LogP contribution in [0.25, 0.3) is 0 Å². The highest BCUT2D eigenvalue weighted by Gasteiger charge is 2.19. The van der Waals surface area contributed by atoms with Gasteiger partial charge in [-0.1, -0.05) is 12.1 Å². The molecule has 12 heteroatoms. The van der Waals surface area contributed by atoms with Gasteiger partial charge in [0.15, 0.2) is 5.82 Å². The van der Waals surface area contributed by atoms with Gasteiger partial charge in [0, 0.05) is 80.0 Å². The molecule has 0 atom stereocenters. The van der Waals surface area contributed by atoms with Crippen LogP contribution in [0, 0.1) is 0 Å². The molecule has 0 unspecified atom stereocenters. The zero-order valence-corrected chi connectivity index (χ0v) is 24.2. The third-order valence-electron chi connectivity index (χ3n) is 6.27. The third-order valence-corrected chi connectivity index (χ3v) is 6.89. The highest BCUT2D eigenvalue weighted by atomic mass is 32.2. The summed E-state index contributed by atoms with van der Waals surface area (Å²) in [6.45, 7) is 12.5. The largest absolute Gasteiger partial charge is 0.369 e. The zero-order valence-electron chi connectivity index (χ0n) is 23.4. The van der Waals surface area contributed by atoms with E-state index in [0.717, 1.165) is 31.9 Å². The second-order valence-electron chi connectivity index (χ2n) is 10.0. The molecule has 0 radical (unpaired) electrons. The van der Waals surface area contributed by atoms with Crippen LogP contribution in [-0.4, -0.2) is 81.2 Å². The fourth-order valence-electron chi connectivity index (χ4n) is 4.24. The van der Waals surface area contributed by atoms with Crippen molar-refractivity contribution in [3.63, 3.8) is 0 Å². The second-order valence-corrected chi connectivity index (χ2v) is 12.6. The summed E-state index contributed by atoms with van der Waals surface area (Å²) < 4.78 is 16.3. The Morgan fingerprint density at radius 3 is 2.48 bits per heavy atom. The number of nitrogens with zero attached hydrogens (tertiary/aromatic N) is 6. The molecular weight excluding hydrogens is 526 g/mol. The molecule has 0 bridgehead atoms. The molecule has 214 valence electrons. The molecule has 4 rings (SSSR count). The first-order valence-electron chi connectivity index (χ1n) is 13.1. The average molecular weight is 566 g/mol. The van der Waals surface area contributed by atoms with Gasteiger partial charge in [-0.3, -0.25) is 9.69 Å². The second kappa shape index (κ2) is 12.9. The van der Waals surface area contributed by atoms with Crippen molar-refractivity contribution in [1.82, 2.24) is 25.2 Å². The Morgan fingerprint density at radius 1 is 1.10 bits per heavy atom. The highest BCUT2D eigenvalue weighted by molar-refractivity contribution is 7.92. The molecular formula is C28H39N9O2S. The number of piperazine rings is 1. The molecule has 0 saturated carbocycles. The van der Waals surface area contributed by atoms with E-state index in [2.05, 4.69) is 77.6 Å². The lowest BCUT2D eigenvalue weighted by Crippen LogP contribution is -2.48. The smallest absolute Gasteiger partial charge is 0.256 e. The summed E-state index contributed by atoms with van der Waals surface area (Å²) in [7, 11) is -2.39. The van der Waals surface area contributed by atoms with E-state index < -0.39 is 9.73 Å². The first kappa shape index (κ1) is 29.0. The molecule has 1 aliphatic heterocycles. The number of nitrogens with one attached hydrogen (secondary N) is 3. The van der Waals surface area contributed by atoms with Crippen molar-refractivity contribution in [3.05, 3.63) is 66.9 Å². The monoisotopic (exact) mass is 565 g/mol. The molecule has 1 aliphatic rings. The van der Waals surface area contributed by atoms with Crippen LogP contribution in [0.2, 0.25) is 0 Å². The van der Waals surface area contributed by atoms with Crippen LogP contribution in [0.4, 0.5) is 34.8 Å². The predicted molar refractivity (Wildman–Crippen MR) is 165 cm³/mol. The zero-order chi connectivity index (χ0) is 28.7. The number of pyridine rings is 1. The quantitative estimate of drug-likeness (QED) is 0.306. The van der Waals surface area contributed by atoms with Gasteiger partial charge in [-0.2, -0.15) is 9.35 Å². The van der Waals surface area contributed by atoms with E-state index in [0.29, 0.717) is 30.2 Å². The van der Waals surface area contributed by atoms with Crippen LogP contribution in [0.15, 0.2) is 65.7 Å². The number of rotatable bonds is 10. The molecule has 3 heterocycles. The van der Waals surface area contributed by atoms with Gasteiger partial charge in [0.1, 0.15) is 17.2 Å². The summed E-state index contributed by atoms with van der Waals surface area (Å²) in [4.78, 5) is 31.0. The van der Waals surface area contributed by atoms with Gasteiger partial charge in [0.2, 0.25) is 5.95 Å². The van der Waals surface area contributed by atoms with Gasteiger partial charge >= 0.3 is 0 Å². The standard InChI is InChI=1S/C28H37N9O2S.H2/c1-6-14-29-27(38)23-19-30-28(34-26(23)33-24-8-7-9-25(32-24)35-40(4,5)39)31-21-10-12-22(13-11-21)37-17-15-36(16-18-37)20(2)3;/h6-13,19-20H,1,14-18H2,2-5H3,(H,29,38)(H2,30,31,32,33,34);1H. The number of hydrogen-bond donors (Lipinski definition) is 3. The summed E-state index contributed by atoms with van der Waals surface area (Å²) in [5, 5.41) is 9.06. The Hall–Kier alpha value is -4.03. The Kier molecular flexibility index (Phi) is 9.33. The fourth-order valence-corrected chi connectivity index (χ4v) is 4.79. The Labute approximate surface area is 237 Å². The van der Waals surface area contributed by atoms with Gasteiger partial charge in [-0.15, -0.1) is 6.58 Å². The van der Waals surface area contributed by atoms with E-state index in [9.17, 15) is 9.00 Å². The molecule has 1 aromatic carbocycles. The molecule has 3 N–H and O–H groups in total. The summed E-state index contributed by atoms with van der Waals surface area (Å²) in [5.41, 5.74) is 2.23. The molecule has 1 fully saturated rings. The minimum absolute atomic E-state index is 0. The molecule has 0 spiro atoms. The van der Waals surface area contributed by atoms with Crippen molar-refractivity contribution in [2.45, 2.75) is 19.9 Å². The predicted octanol–water partition coefficient (Wildman–Crippen LogP) is 4.41.